The van der Waals surface area contributed by atoms with Crippen molar-refractivity contribution in [2.24, 2.45) is 13.0 Å². The second kappa shape index (κ2) is 9.40. The summed E-state index contributed by atoms with van der Waals surface area (Å²) in [5.74, 6) is -2.47. The normalized spacial score (nSPS) is 22.7. The molecule has 0 aromatic carbocycles. The number of carbonyl (C=O) groups is 2. The van der Waals surface area contributed by atoms with E-state index in [9.17, 15) is 22.8 Å². The van der Waals surface area contributed by atoms with E-state index in [4.69, 9.17) is 14.6 Å². The third-order valence-electron chi connectivity index (χ3n) is 4.93. The third-order valence-corrected chi connectivity index (χ3v) is 4.93. The molecule has 0 spiro atoms. The van der Waals surface area contributed by atoms with Crippen LogP contribution in [-0.4, -0.2) is 83.5 Å². The van der Waals surface area contributed by atoms with Crippen molar-refractivity contribution in [3.8, 4) is 0 Å². The van der Waals surface area contributed by atoms with Crippen LogP contribution < -0.4 is 5.56 Å². The van der Waals surface area contributed by atoms with Crippen LogP contribution in [0.15, 0.2) is 23.1 Å². The van der Waals surface area contributed by atoms with Crippen LogP contribution >= 0.6 is 0 Å². The first-order chi connectivity index (χ1) is 13.5. The molecule has 1 amide bonds. The number of rotatable bonds is 1. The molecule has 0 saturated carbocycles. The van der Waals surface area contributed by atoms with Gasteiger partial charge in [0, 0.05) is 45.3 Å². The number of aliphatic carboxylic acids is 1. The van der Waals surface area contributed by atoms with Crippen LogP contribution in [0.4, 0.5) is 13.2 Å². The number of carbonyl (C=O) groups excluding carboxylic acids is 1. The standard InChI is InChI=1S/C16H23N3O3.C2HF3O2/c1-17-8-9-22-14-11-19(7-5-12(14)10-17)16(21)13-4-3-6-18(2)15(13)20;3-2(4,5)1(6)7/h3-4,6,12,14H,5,7-11H2,1-2H3;(H,6,7)/t12-,14-;/m1./s1. The minimum Gasteiger partial charge on any atom is -0.475 e. The molecule has 8 nitrogen and oxygen atoms in total. The fourth-order valence-electron chi connectivity index (χ4n) is 3.33. The van der Waals surface area contributed by atoms with Crippen molar-refractivity contribution in [3.05, 3.63) is 34.2 Å². The minimum atomic E-state index is -5.08. The van der Waals surface area contributed by atoms with E-state index in [1.807, 2.05) is 0 Å². The molecule has 162 valence electrons. The highest BCUT2D eigenvalue weighted by atomic mass is 19.4. The lowest BCUT2D eigenvalue weighted by molar-refractivity contribution is -0.192. The fourth-order valence-corrected chi connectivity index (χ4v) is 3.33. The van der Waals surface area contributed by atoms with Crippen LogP contribution in [0, 0.1) is 5.92 Å². The average Bonchev–Trinajstić information content (AvgIpc) is 2.83. The van der Waals surface area contributed by atoms with Gasteiger partial charge in [0.1, 0.15) is 5.56 Å². The maximum atomic E-state index is 12.6. The Kier molecular flexibility index (Phi) is 7.42. The van der Waals surface area contributed by atoms with E-state index in [-0.39, 0.29) is 23.1 Å². The molecular formula is C18H24F3N3O5. The number of likely N-dealkylation sites (N-methyl/N-ethyl adjacent to an activating group) is 1. The van der Waals surface area contributed by atoms with E-state index in [0.717, 1.165) is 19.5 Å². The summed E-state index contributed by atoms with van der Waals surface area (Å²) in [6, 6.07) is 3.34. The van der Waals surface area contributed by atoms with E-state index < -0.39 is 12.1 Å². The van der Waals surface area contributed by atoms with Crippen LogP contribution in [0.1, 0.15) is 16.8 Å². The fraction of sp³-hybridized carbons (Fsp3) is 0.611. The number of carboxylic acids is 1. The Morgan fingerprint density at radius 3 is 2.48 bits per heavy atom. The summed E-state index contributed by atoms with van der Waals surface area (Å²) in [6.07, 6.45) is -2.42. The molecule has 11 heteroatoms. The lowest BCUT2D eigenvalue weighted by Crippen LogP contribution is -2.49. The molecule has 3 rings (SSSR count). The lowest BCUT2D eigenvalue weighted by Gasteiger charge is -2.37. The van der Waals surface area contributed by atoms with E-state index >= 15 is 0 Å². The van der Waals surface area contributed by atoms with Gasteiger partial charge in [-0.2, -0.15) is 13.2 Å². The Morgan fingerprint density at radius 1 is 1.21 bits per heavy atom. The molecule has 29 heavy (non-hydrogen) atoms. The van der Waals surface area contributed by atoms with Gasteiger partial charge in [0.25, 0.3) is 11.5 Å². The second-order valence-electron chi connectivity index (χ2n) is 7.11. The van der Waals surface area contributed by atoms with Crippen molar-refractivity contribution in [2.75, 3.05) is 39.8 Å². The third kappa shape index (κ3) is 6.04. The molecule has 2 aliphatic rings. The lowest BCUT2D eigenvalue weighted by atomic mass is 9.93. The molecule has 0 aliphatic carbocycles. The van der Waals surface area contributed by atoms with Gasteiger partial charge in [-0.15, -0.1) is 0 Å². The molecule has 1 N–H and O–H groups in total. The number of alkyl halides is 3. The molecule has 2 saturated heterocycles. The van der Waals surface area contributed by atoms with E-state index in [0.29, 0.717) is 25.6 Å². The summed E-state index contributed by atoms with van der Waals surface area (Å²) in [5.41, 5.74) is 0.00494. The summed E-state index contributed by atoms with van der Waals surface area (Å²) in [6.45, 7) is 3.91. The zero-order valence-corrected chi connectivity index (χ0v) is 16.2. The number of ether oxygens (including phenoxy) is 1. The van der Waals surface area contributed by atoms with Crippen molar-refractivity contribution in [1.29, 1.82) is 0 Å². The molecule has 2 aliphatic heterocycles. The zero-order valence-electron chi connectivity index (χ0n) is 16.2. The SMILES string of the molecule is CN1CCO[C@@H]2CN(C(=O)c3cccn(C)c3=O)CC[C@@H]2C1.O=C(O)C(F)(F)F. The van der Waals surface area contributed by atoms with Crippen LogP contribution in [-0.2, 0) is 16.6 Å². The molecule has 2 fully saturated rings. The number of carboxylic acid groups (broad SMARTS) is 1. The Balaban J connectivity index is 0.000000370. The highest BCUT2D eigenvalue weighted by Gasteiger charge is 2.38. The molecular weight excluding hydrogens is 395 g/mol. The zero-order chi connectivity index (χ0) is 21.8. The number of hydrogen-bond donors (Lipinski definition) is 1. The van der Waals surface area contributed by atoms with Gasteiger partial charge < -0.3 is 24.2 Å². The summed E-state index contributed by atoms with van der Waals surface area (Å²) >= 11 is 0. The van der Waals surface area contributed by atoms with Crippen LogP contribution in [0.3, 0.4) is 0 Å². The molecule has 0 bridgehead atoms. The smallest absolute Gasteiger partial charge is 0.475 e. The van der Waals surface area contributed by atoms with Gasteiger partial charge in [0.05, 0.1) is 12.7 Å². The van der Waals surface area contributed by atoms with E-state index in [1.54, 1.807) is 30.3 Å². The number of piperidine rings is 1. The summed E-state index contributed by atoms with van der Waals surface area (Å²) < 4.78 is 39.1. The first-order valence-corrected chi connectivity index (χ1v) is 9.06. The number of likely N-dealkylation sites (tertiary alicyclic amines) is 1. The van der Waals surface area contributed by atoms with Crippen molar-refractivity contribution in [1.82, 2.24) is 14.4 Å². The van der Waals surface area contributed by atoms with Crippen LogP contribution in [0.5, 0.6) is 0 Å². The van der Waals surface area contributed by atoms with Gasteiger partial charge >= 0.3 is 12.1 Å². The quantitative estimate of drug-likeness (QED) is 0.725. The number of amides is 1. The summed E-state index contributed by atoms with van der Waals surface area (Å²) in [7, 11) is 3.77. The van der Waals surface area contributed by atoms with Crippen molar-refractivity contribution in [2.45, 2.75) is 18.7 Å². The van der Waals surface area contributed by atoms with Crippen molar-refractivity contribution >= 4 is 11.9 Å². The molecule has 1 aromatic rings. The van der Waals surface area contributed by atoms with Crippen LogP contribution in [0.25, 0.3) is 0 Å². The maximum Gasteiger partial charge on any atom is 0.490 e. The molecule has 3 heterocycles. The molecule has 2 atom stereocenters. The number of nitrogens with zero attached hydrogens (tertiary/aromatic N) is 3. The number of pyridine rings is 1. The van der Waals surface area contributed by atoms with E-state index in [1.165, 1.54) is 4.57 Å². The average molecular weight is 419 g/mol. The number of aromatic nitrogens is 1. The number of fused-ring (bicyclic) bond motifs is 1. The molecule has 0 radical (unpaired) electrons. The number of halogens is 3. The maximum absolute atomic E-state index is 12.6. The highest BCUT2D eigenvalue weighted by Crippen LogP contribution is 2.24. The van der Waals surface area contributed by atoms with Gasteiger partial charge in [-0.25, -0.2) is 4.79 Å². The Hall–Kier alpha value is -2.40. The summed E-state index contributed by atoms with van der Waals surface area (Å²) in [4.78, 5) is 37.7. The predicted molar refractivity (Wildman–Crippen MR) is 96.6 cm³/mol. The molecule has 0 unspecified atom stereocenters. The van der Waals surface area contributed by atoms with Crippen molar-refractivity contribution in [3.63, 3.8) is 0 Å². The largest absolute Gasteiger partial charge is 0.490 e. The Morgan fingerprint density at radius 2 is 1.86 bits per heavy atom. The predicted octanol–water partition coefficient (Wildman–Crippen LogP) is 0.811. The molecule has 1 aromatic heterocycles. The van der Waals surface area contributed by atoms with Gasteiger partial charge in [-0.1, -0.05) is 0 Å². The topological polar surface area (TPSA) is 92.1 Å². The van der Waals surface area contributed by atoms with Gasteiger partial charge in [-0.3, -0.25) is 9.59 Å². The second-order valence-corrected chi connectivity index (χ2v) is 7.11. The number of hydrogen-bond acceptors (Lipinski definition) is 5. The van der Waals surface area contributed by atoms with Gasteiger partial charge in [-0.05, 0) is 25.6 Å². The minimum absolute atomic E-state index is 0.0789. The first-order valence-electron chi connectivity index (χ1n) is 9.06. The monoisotopic (exact) mass is 419 g/mol. The van der Waals surface area contributed by atoms with Gasteiger partial charge in [0.2, 0.25) is 0 Å². The van der Waals surface area contributed by atoms with E-state index in [2.05, 4.69) is 11.9 Å². The Bertz CT molecular complexity index is 796. The van der Waals surface area contributed by atoms with Crippen molar-refractivity contribution < 1.29 is 32.6 Å². The van der Waals surface area contributed by atoms with Crippen LogP contribution in [0.2, 0.25) is 0 Å². The summed E-state index contributed by atoms with van der Waals surface area (Å²) in [5, 5.41) is 7.12. The first kappa shape index (κ1) is 22.9. The Labute approximate surface area is 165 Å². The highest BCUT2D eigenvalue weighted by molar-refractivity contribution is 5.93. The van der Waals surface area contributed by atoms with Gasteiger partial charge in [0.15, 0.2) is 0 Å². The number of aryl methyl sites for hydroxylation is 1.